The molecule has 0 radical (unpaired) electrons. The van der Waals surface area contributed by atoms with E-state index in [9.17, 15) is 9.13 Å². The molecule has 1 rings (SSSR count). The summed E-state index contributed by atoms with van der Waals surface area (Å²) < 4.78 is 30.1. The molecule has 1 aliphatic carbocycles. The van der Waals surface area contributed by atoms with Gasteiger partial charge in [-0.05, 0) is 44.4 Å². The largest absolute Gasteiger partial charge is 0.481 e. The second kappa shape index (κ2) is 6.41. The Morgan fingerprint density at radius 2 is 1.95 bits per heavy atom. The lowest BCUT2D eigenvalue weighted by atomic mass is 9.99. The number of hydrogen-bond acceptors (Lipinski definition) is 4. The van der Waals surface area contributed by atoms with Gasteiger partial charge in [0.1, 0.15) is 0 Å². The summed E-state index contributed by atoms with van der Waals surface area (Å²) >= 11 is 0. The number of allylic oxidation sites excluding steroid dienone is 2. The van der Waals surface area contributed by atoms with Crippen LogP contribution >= 0.6 is 15.6 Å². The highest BCUT2D eigenvalue weighted by Gasteiger charge is 2.50. The van der Waals surface area contributed by atoms with Crippen molar-refractivity contribution in [3.8, 4) is 0 Å². The first-order valence-electron chi connectivity index (χ1n) is 6.31. The predicted octanol–water partition coefficient (Wildman–Crippen LogP) is 2.99. The van der Waals surface area contributed by atoms with Crippen molar-refractivity contribution in [1.82, 2.24) is 0 Å². The van der Waals surface area contributed by atoms with Crippen LogP contribution in [-0.2, 0) is 18.0 Å². The van der Waals surface area contributed by atoms with Crippen LogP contribution in [0.4, 0.5) is 0 Å². The van der Waals surface area contributed by atoms with Crippen LogP contribution in [0.15, 0.2) is 11.6 Å². The van der Waals surface area contributed by atoms with E-state index in [0.29, 0.717) is 0 Å². The molecule has 9 heteroatoms. The third kappa shape index (κ3) is 6.64. The van der Waals surface area contributed by atoms with Gasteiger partial charge in [-0.25, -0.2) is 9.13 Å². The molecular weight excluding hydrogens is 306 g/mol. The molecule has 1 saturated carbocycles. The first-order valence-corrected chi connectivity index (χ1v) is 9.34. The first kappa shape index (κ1) is 18.1. The lowest BCUT2D eigenvalue weighted by Gasteiger charge is -2.14. The smallest absolute Gasteiger partial charge is 0.302 e. The molecule has 3 atom stereocenters. The van der Waals surface area contributed by atoms with E-state index in [0.717, 1.165) is 19.3 Å². The zero-order valence-corrected chi connectivity index (χ0v) is 13.6. The SMILES string of the molecule is CC(C)=CCCC1(C)CC1COP(=O)(O)OP(=O)(O)O. The Morgan fingerprint density at radius 1 is 1.35 bits per heavy atom. The predicted molar refractivity (Wildman–Crippen MR) is 73.8 cm³/mol. The molecule has 0 aliphatic heterocycles. The molecule has 0 amide bonds. The maximum absolute atomic E-state index is 11.3. The van der Waals surface area contributed by atoms with Gasteiger partial charge in [0.25, 0.3) is 0 Å². The van der Waals surface area contributed by atoms with Gasteiger partial charge < -0.3 is 14.7 Å². The van der Waals surface area contributed by atoms with Crippen LogP contribution in [0.5, 0.6) is 0 Å². The van der Waals surface area contributed by atoms with Crippen LogP contribution in [0, 0.1) is 11.3 Å². The molecule has 0 saturated heterocycles. The summed E-state index contributed by atoms with van der Waals surface area (Å²) in [5.74, 6) is 0.105. The minimum atomic E-state index is -5.03. The first-order chi connectivity index (χ1) is 8.94. The fraction of sp³-hybridized carbons (Fsp3) is 0.818. The van der Waals surface area contributed by atoms with Gasteiger partial charge in [-0.1, -0.05) is 18.6 Å². The van der Waals surface area contributed by atoms with E-state index in [4.69, 9.17) is 14.7 Å². The quantitative estimate of drug-likeness (QED) is 0.463. The molecule has 1 fully saturated rings. The zero-order chi connectivity index (χ0) is 15.6. The van der Waals surface area contributed by atoms with Gasteiger partial charge in [0.2, 0.25) is 0 Å². The molecule has 20 heavy (non-hydrogen) atoms. The van der Waals surface area contributed by atoms with Crippen molar-refractivity contribution >= 4 is 15.6 Å². The van der Waals surface area contributed by atoms with Gasteiger partial charge in [-0.15, -0.1) is 0 Å². The van der Waals surface area contributed by atoms with Crippen molar-refractivity contribution in [2.45, 2.75) is 40.0 Å². The van der Waals surface area contributed by atoms with Gasteiger partial charge in [0, 0.05) is 0 Å². The summed E-state index contributed by atoms with van der Waals surface area (Å²) in [6.07, 6.45) is 4.88. The zero-order valence-electron chi connectivity index (χ0n) is 11.9. The fourth-order valence-electron chi connectivity index (χ4n) is 2.10. The van der Waals surface area contributed by atoms with Crippen molar-refractivity contribution < 1.29 is 32.6 Å². The van der Waals surface area contributed by atoms with Crippen LogP contribution in [0.1, 0.15) is 40.0 Å². The summed E-state index contributed by atoms with van der Waals surface area (Å²) in [6.45, 7) is 6.07. The highest BCUT2D eigenvalue weighted by Crippen LogP contribution is 2.61. The van der Waals surface area contributed by atoms with Gasteiger partial charge in [-0.3, -0.25) is 4.52 Å². The summed E-state index contributed by atoms with van der Waals surface area (Å²) in [5.41, 5.74) is 1.30. The van der Waals surface area contributed by atoms with E-state index in [-0.39, 0.29) is 17.9 Å². The van der Waals surface area contributed by atoms with Crippen LogP contribution in [-0.4, -0.2) is 21.3 Å². The van der Waals surface area contributed by atoms with Gasteiger partial charge in [-0.2, -0.15) is 4.31 Å². The van der Waals surface area contributed by atoms with Crippen LogP contribution in [0.25, 0.3) is 0 Å². The molecule has 0 heterocycles. The molecule has 7 nitrogen and oxygen atoms in total. The van der Waals surface area contributed by atoms with Crippen LogP contribution in [0.2, 0.25) is 0 Å². The fourth-order valence-corrected chi connectivity index (χ4v) is 3.74. The van der Waals surface area contributed by atoms with Crippen molar-refractivity contribution in [2.75, 3.05) is 6.61 Å². The molecule has 118 valence electrons. The summed E-state index contributed by atoms with van der Waals surface area (Å²) in [6, 6.07) is 0. The number of phosphoric acid groups is 2. The lowest BCUT2D eigenvalue weighted by molar-refractivity contribution is 0.166. The third-order valence-electron chi connectivity index (χ3n) is 3.45. The summed E-state index contributed by atoms with van der Waals surface area (Å²) in [7, 11) is -9.73. The maximum atomic E-state index is 11.3. The van der Waals surface area contributed by atoms with E-state index in [1.54, 1.807) is 0 Å². The van der Waals surface area contributed by atoms with Crippen LogP contribution in [0.3, 0.4) is 0 Å². The lowest BCUT2D eigenvalue weighted by Crippen LogP contribution is -2.04. The van der Waals surface area contributed by atoms with Crippen molar-refractivity contribution in [3.05, 3.63) is 11.6 Å². The highest BCUT2D eigenvalue weighted by atomic mass is 31.3. The van der Waals surface area contributed by atoms with E-state index < -0.39 is 15.6 Å². The number of phosphoric ester groups is 1. The molecule has 3 unspecified atom stereocenters. The molecule has 1 aliphatic rings. The molecular formula is C11H22O7P2. The minimum absolute atomic E-state index is 0.0426. The monoisotopic (exact) mass is 328 g/mol. The highest BCUT2D eigenvalue weighted by molar-refractivity contribution is 7.60. The minimum Gasteiger partial charge on any atom is -0.302 e. The van der Waals surface area contributed by atoms with Gasteiger partial charge >= 0.3 is 15.6 Å². The van der Waals surface area contributed by atoms with E-state index >= 15 is 0 Å². The molecule has 0 aromatic heterocycles. The molecule has 0 bridgehead atoms. The molecule has 0 spiro atoms. The average Bonchev–Trinajstić information content (AvgIpc) is 2.83. The second-order valence-electron chi connectivity index (χ2n) is 5.71. The molecule has 0 aromatic rings. The topological polar surface area (TPSA) is 113 Å². The van der Waals surface area contributed by atoms with E-state index in [2.05, 4.69) is 21.8 Å². The molecule has 0 aromatic carbocycles. The third-order valence-corrected chi connectivity index (χ3v) is 5.61. The normalized spacial score (nSPS) is 28.8. The Morgan fingerprint density at radius 3 is 2.45 bits per heavy atom. The Kier molecular flexibility index (Phi) is 5.78. The standard InChI is InChI=1S/C11H22O7P2/c1-9(2)5-4-6-11(3)7-10(11)8-17-20(15,16)18-19(12,13)14/h5,10H,4,6-8H2,1-3H3,(H,15,16)(H2,12,13,14). The van der Waals surface area contributed by atoms with E-state index in [1.807, 2.05) is 13.8 Å². The van der Waals surface area contributed by atoms with E-state index in [1.165, 1.54) is 5.57 Å². The Labute approximate surface area is 118 Å². The Hall–Kier alpha value is -0.0000000000000000416. The van der Waals surface area contributed by atoms with Crippen molar-refractivity contribution in [1.29, 1.82) is 0 Å². The van der Waals surface area contributed by atoms with Gasteiger partial charge in [0.05, 0.1) is 6.61 Å². The average molecular weight is 328 g/mol. The number of hydrogen-bond donors (Lipinski definition) is 3. The Balaban J connectivity index is 2.36. The van der Waals surface area contributed by atoms with Crippen molar-refractivity contribution in [2.24, 2.45) is 11.3 Å². The number of rotatable bonds is 8. The molecule has 3 N–H and O–H groups in total. The maximum Gasteiger partial charge on any atom is 0.481 e. The van der Waals surface area contributed by atoms with Gasteiger partial charge in [0.15, 0.2) is 0 Å². The summed E-state index contributed by atoms with van der Waals surface area (Å²) in [5, 5.41) is 0. The Bertz CT molecular complexity index is 465. The van der Waals surface area contributed by atoms with Crippen LogP contribution < -0.4 is 0 Å². The summed E-state index contributed by atoms with van der Waals surface area (Å²) in [4.78, 5) is 26.1. The second-order valence-corrected chi connectivity index (χ2v) is 8.54. The van der Waals surface area contributed by atoms with Crippen molar-refractivity contribution in [3.63, 3.8) is 0 Å².